The van der Waals surface area contributed by atoms with Crippen molar-refractivity contribution in [1.82, 2.24) is 9.97 Å². The average molecular weight is 284 g/mol. The molecule has 0 aliphatic rings. The molecule has 19 heavy (non-hydrogen) atoms. The van der Waals surface area contributed by atoms with Crippen molar-refractivity contribution in [3.05, 3.63) is 17.0 Å². The molecule has 1 aromatic heterocycles. The minimum atomic E-state index is 0.277. The molecule has 1 rings (SSSR count). The molecular formula is C15H26ClN3. The summed E-state index contributed by atoms with van der Waals surface area (Å²) in [6.45, 7) is 9.76. The molecule has 0 saturated heterocycles. The fourth-order valence-electron chi connectivity index (χ4n) is 1.99. The number of aromatic nitrogens is 2. The van der Waals surface area contributed by atoms with Gasteiger partial charge in [-0.1, -0.05) is 58.6 Å². The molecule has 0 saturated carbocycles. The molecule has 0 aromatic carbocycles. The van der Waals surface area contributed by atoms with E-state index in [0.717, 1.165) is 24.6 Å². The van der Waals surface area contributed by atoms with Crippen LogP contribution in [0.1, 0.15) is 59.2 Å². The molecule has 0 bridgehead atoms. The van der Waals surface area contributed by atoms with E-state index in [4.69, 9.17) is 11.6 Å². The molecule has 3 nitrogen and oxygen atoms in total. The van der Waals surface area contributed by atoms with E-state index < -0.39 is 0 Å². The van der Waals surface area contributed by atoms with Crippen molar-refractivity contribution < 1.29 is 0 Å². The van der Waals surface area contributed by atoms with Crippen LogP contribution in [0.3, 0.4) is 0 Å². The lowest BCUT2D eigenvalue weighted by Gasteiger charge is -2.25. The summed E-state index contributed by atoms with van der Waals surface area (Å²) in [5, 5.41) is 3.90. The third kappa shape index (κ3) is 6.24. The Bertz CT molecular complexity index is 391. The van der Waals surface area contributed by atoms with E-state index in [9.17, 15) is 0 Å². The molecule has 0 atom stereocenters. The fourth-order valence-corrected chi connectivity index (χ4v) is 2.19. The second-order valence-electron chi connectivity index (χ2n) is 5.82. The van der Waals surface area contributed by atoms with Crippen molar-refractivity contribution in [2.24, 2.45) is 5.41 Å². The number of anilines is 1. The standard InChI is InChI=1S/C15H26ClN3/c1-5-7-8-9-15(3,4)11-17-14-10-12(16)18-13(6-2)19-14/h10H,5-9,11H2,1-4H3,(H,17,18,19). The quantitative estimate of drug-likeness (QED) is 0.554. The van der Waals surface area contributed by atoms with Crippen LogP contribution in [0.25, 0.3) is 0 Å². The normalized spacial score (nSPS) is 11.6. The average Bonchev–Trinajstić information content (AvgIpc) is 2.36. The molecule has 108 valence electrons. The van der Waals surface area contributed by atoms with Crippen LogP contribution >= 0.6 is 11.6 Å². The van der Waals surface area contributed by atoms with E-state index in [-0.39, 0.29) is 5.41 Å². The molecular weight excluding hydrogens is 258 g/mol. The van der Waals surface area contributed by atoms with E-state index in [0.29, 0.717) is 5.15 Å². The SMILES string of the molecule is CCCCCC(C)(C)CNc1cc(Cl)nc(CC)n1. The summed E-state index contributed by atoms with van der Waals surface area (Å²) >= 11 is 5.99. The van der Waals surface area contributed by atoms with Crippen molar-refractivity contribution in [3.63, 3.8) is 0 Å². The van der Waals surface area contributed by atoms with Crippen molar-refractivity contribution in [2.45, 2.75) is 59.8 Å². The zero-order valence-electron chi connectivity index (χ0n) is 12.6. The van der Waals surface area contributed by atoms with Crippen LogP contribution in [0.2, 0.25) is 5.15 Å². The van der Waals surface area contributed by atoms with Crippen molar-refractivity contribution in [1.29, 1.82) is 0 Å². The zero-order valence-corrected chi connectivity index (χ0v) is 13.3. The lowest BCUT2D eigenvalue weighted by Crippen LogP contribution is -2.23. The predicted octanol–water partition coefficient (Wildman–Crippen LogP) is 4.71. The summed E-state index contributed by atoms with van der Waals surface area (Å²) in [6.07, 6.45) is 5.89. The van der Waals surface area contributed by atoms with Gasteiger partial charge in [0.2, 0.25) is 0 Å². The molecule has 0 aliphatic carbocycles. The molecule has 1 aromatic rings. The summed E-state index contributed by atoms with van der Waals surface area (Å²) in [5.74, 6) is 1.62. The molecule has 0 unspecified atom stereocenters. The monoisotopic (exact) mass is 283 g/mol. The largest absolute Gasteiger partial charge is 0.369 e. The van der Waals surface area contributed by atoms with E-state index in [1.165, 1.54) is 25.7 Å². The van der Waals surface area contributed by atoms with Gasteiger partial charge in [-0.3, -0.25) is 0 Å². The van der Waals surface area contributed by atoms with Gasteiger partial charge >= 0.3 is 0 Å². The summed E-state index contributed by atoms with van der Waals surface area (Å²) < 4.78 is 0. The van der Waals surface area contributed by atoms with E-state index in [1.807, 2.05) is 6.92 Å². The zero-order chi connectivity index (χ0) is 14.3. The predicted molar refractivity (Wildman–Crippen MR) is 82.8 cm³/mol. The van der Waals surface area contributed by atoms with Gasteiger partial charge in [0.25, 0.3) is 0 Å². The number of nitrogens with zero attached hydrogens (tertiary/aromatic N) is 2. The first-order chi connectivity index (χ1) is 8.96. The maximum absolute atomic E-state index is 5.99. The smallest absolute Gasteiger partial charge is 0.134 e. The molecule has 4 heteroatoms. The lowest BCUT2D eigenvalue weighted by atomic mass is 9.87. The number of hydrogen-bond acceptors (Lipinski definition) is 3. The molecule has 1 heterocycles. The second kappa shape index (κ2) is 7.68. The van der Waals surface area contributed by atoms with E-state index in [2.05, 4.69) is 36.1 Å². The van der Waals surface area contributed by atoms with Crippen LogP contribution < -0.4 is 5.32 Å². The number of aryl methyl sites for hydroxylation is 1. The lowest BCUT2D eigenvalue weighted by molar-refractivity contribution is 0.342. The third-order valence-corrected chi connectivity index (χ3v) is 3.46. The van der Waals surface area contributed by atoms with Gasteiger partial charge in [-0.05, 0) is 11.8 Å². The maximum atomic E-state index is 5.99. The molecule has 1 N–H and O–H groups in total. The summed E-state index contributed by atoms with van der Waals surface area (Å²) in [4.78, 5) is 8.62. The first kappa shape index (κ1) is 16.2. The Balaban J connectivity index is 2.53. The summed E-state index contributed by atoms with van der Waals surface area (Å²) in [6, 6.07) is 1.79. The summed E-state index contributed by atoms with van der Waals surface area (Å²) in [5.41, 5.74) is 0.277. The number of halogens is 1. The van der Waals surface area contributed by atoms with Crippen molar-refractivity contribution >= 4 is 17.4 Å². The Labute approximate surface area is 122 Å². The van der Waals surface area contributed by atoms with Gasteiger partial charge in [0, 0.05) is 19.0 Å². The molecule has 0 aliphatic heterocycles. The number of unbranched alkanes of at least 4 members (excludes halogenated alkanes) is 2. The topological polar surface area (TPSA) is 37.8 Å². The fraction of sp³-hybridized carbons (Fsp3) is 0.733. The van der Waals surface area contributed by atoms with Crippen LogP contribution in [0.4, 0.5) is 5.82 Å². The van der Waals surface area contributed by atoms with Gasteiger partial charge in [0.15, 0.2) is 0 Å². The maximum Gasteiger partial charge on any atom is 0.134 e. The van der Waals surface area contributed by atoms with Gasteiger partial charge in [0.1, 0.15) is 16.8 Å². The minimum Gasteiger partial charge on any atom is -0.369 e. The Morgan fingerprint density at radius 3 is 2.58 bits per heavy atom. The van der Waals surface area contributed by atoms with Crippen LogP contribution in [0, 0.1) is 5.41 Å². The minimum absolute atomic E-state index is 0.277. The van der Waals surface area contributed by atoms with Gasteiger partial charge in [-0.25, -0.2) is 9.97 Å². The van der Waals surface area contributed by atoms with Crippen LogP contribution in [-0.2, 0) is 6.42 Å². The molecule has 0 amide bonds. The van der Waals surface area contributed by atoms with Crippen LogP contribution in [-0.4, -0.2) is 16.5 Å². The van der Waals surface area contributed by atoms with Crippen molar-refractivity contribution in [3.8, 4) is 0 Å². The molecule has 0 radical (unpaired) electrons. The summed E-state index contributed by atoms with van der Waals surface area (Å²) in [7, 11) is 0. The van der Waals surface area contributed by atoms with Crippen molar-refractivity contribution in [2.75, 3.05) is 11.9 Å². The highest BCUT2D eigenvalue weighted by molar-refractivity contribution is 6.29. The second-order valence-corrected chi connectivity index (χ2v) is 6.21. The van der Waals surface area contributed by atoms with Gasteiger partial charge in [0.05, 0.1) is 0 Å². The van der Waals surface area contributed by atoms with Gasteiger partial charge in [-0.2, -0.15) is 0 Å². The van der Waals surface area contributed by atoms with Crippen LogP contribution in [0.5, 0.6) is 0 Å². The van der Waals surface area contributed by atoms with Crippen LogP contribution in [0.15, 0.2) is 6.07 Å². The number of nitrogens with one attached hydrogen (secondary N) is 1. The highest BCUT2D eigenvalue weighted by Gasteiger charge is 2.17. The highest BCUT2D eigenvalue weighted by atomic mass is 35.5. The molecule has 0 spiro atoms. The first-order valence-corrected chi connectivity index (χ1v) is 7.62. The Morgan fingerprint density at radius 1 is 1.21 bits per heavy atom. The molecule has 0 fully saturated rings. The van der Waals surface area contributed by atoms with Gasteiger partial charge < -0.3 is 5.32 Å². The van der Waals surface area contributed by atoms with E-state index >= 15 is 0 Å². The Hall–Kier alpha value is -0.830. The number of hydrogen-bond donors (Lipinski definition) is 1. The van der Waals surface area contributed by atoms with E-state index in [1.54, 1.807) is 6.07 Å². The highest BCUT2D eigenvalue weighted by Crippen LogP contribution is 2.24. The third-order valence-electron chi connectivity index (χ3n) is 3.26. The number of rotatable bonds is 8. The Kier molecular flexibility index (Phi) is 6.56. The Morgan fingerprint density at radius 2 is 1.95 bits per heavy atom. The first-order valence-electron chi connectivity index (χ1n) is 7.24. The van der Waals surface area contributed by atoms with Gasteiger partial charge in [-0.15, -0.1) is 0 Å².